The largest absolute Gasteiger partial charge is 0.477 e. The third-order valence-electron chi connectivity index (χ3n) is 1.44. The first-order chi connectivity index (χ1) is 5.54. The summed E-state index contributed by atoms with van der Waals surface area (Å²) in [6.45, 7) is 0. The fourth-order valence-electron chi connectivity index (χ4n) is 0.825. The Bertz CT molecular complexity index is 308. The first kappa shape index (κ1) is 8.63. The molecule has 0 saturated heterocycles. The van der Waals surface area contributed by atoms with E-state index in [-0.39, 0.29) is 5.69 Å². The highest BCUT2D eigenvalue weighted by Crippen LogP contribution is 2.17. The molecule has 0 amide bonds. The lowest BCUT2D eigenvalue weighted by atomic mass is 10.5. The minimum Gasteiger partial charge on any atom is -0.477 e. The number of halogens is 2. The summed E-state index contributed by atoms with van der Waals surface area (Å²) < 4.78 is 24.9. The molecule has 0 bridgehead atoms. The number of alkyl halides is 2. The molecule has 0 aliphatic rings. The van der Waals surface area contributed by atoms with Gasteiger partial charge in [-0.05, 0) is 0 Å². The lowest BCUT2D eigenvalue weighted by molar-refractivity contribution is 0.0684. The highest BCUT2D eigenvalue weighted by atomic mass is 19.3. The van der Waals surface area contributed by atoms with E-state index in [2.05, 4.69) is 4.98 Å². The number of hydrogen-bond acceptors (Lipinski definition) is 2. The Balaban J connectivity index is 3.13. The van der Waals surface area contributed by atoms with Crippen molar-refractivity contribution in [3.8, 4) is 0 Å². The number of aromatic nitrogens is 2. The summed E-state index contributed by atoms with van der Waals surface area (Å²) in [6.07, 6.45) is -1.84. The van der Waals surface area contributed by atoms with Crippen molar-refractivity contribution in [2.75, 3.05) is 0 Å². The number of carboxylic acids is 1. The van der Waals surface area contributed by atoms with Crippen molar-refractivity contribution in [3.63, 3.8) is 0 Å². The number of hydrogen-bond donors (Lipinski definition) is 1. The van der Waals surface area contributed by atoms with E-state index in [0.29, 0.717) is 0 Å². The second kappa shape index (κ2) is 2.88. The normalized spacial score (nSPS) is 10.7. The van der Waals surface area contributed by atoms with Gasteiger partial charge in [-0.3, -0.25) is 0 Å². The zero-order valence-corrected chi connectivity index (χ0v) is 6.16. The molecule has 0 spiro atoms. The van der Waals surface area contributed by atoms with Gasteiger partial charge in [0, 0.05) is 7.05 Å². The van der Waals surface area contributed by atoms with Gasteiger partial charge in [-0.2, -0.15) is 0 Å². The maximum atomic E-state index is 12.0. The number of carbonyl (C=O) groups is 1. The Morgan fingerprint density at radius 3 is 2.58 bits per heavy atom. The molecule has 12 heavy (non-hydrogen) atoms. The zero-order chi connectivity index (χ0) is 9.30. The van der Waals surface area contributed by atoms with E-state index in [4.69, 9.17) is 5.11 Å². The van der Waals surface area contributed by atoms with E-state index in [0.717, 1.165) is 10.8 Å². The summed E-state index contributed by atoms with van der Waals surface area (Å²) in [5.74, 6) is -1.80. The molecule has 0 saturated carbocycles. The van der Waals surface area contributed by atoms with Gasteiger partial charge in [0.05, 0.1) is 6.20 Å². The molecule has 1 heterocycles. The van der Waals surface area contributed by atoms with Crippen LogP contribution in [0.1, 0.15) is 22.7 Å². The minimum atomic E-state index is -2.75. The first-order valence-corrected chi connectivity index (χ1v) is 3.07. The fraction of sp³-hybridized carbons (Fsp3) is 0.333. The van der Waals surface area contributed by atoms with E-state index in [1.54, 1.807) is 0 Å². The summed E-state index contributed by atoms with van der Waals surface area (Å²) in [4.78, 5) is 13.6. The van der Waals surface area contributed by atoms with Crippen molar-refractivity contribution >= 4 is 5.97 Å². The highest BCUT2D eigenvalue weighted by Gasteiger charge is 2.18. The van der Waals surface area contributed by atoms with Gasteiger partial charge in [0.1, 0.15) is 5.69 Å². The Kier molecular flexibility index (Phi) is 2.07. The molecule has 0 aliphatic heterocycles. The minimum absolute atomic E-state index is 0.245. The molecule has 1 rings (SSSR count). The molecule has 4 nitrogen and oxygen atoms in total. The van der Waals surface area contributed by atoms with Crippen LogP contribution >= 0.6 is 0 Å². The average Bonchev–Trinajstić information content (AvgIpc) is 2.30. The van der Waals surface area contributed by atoms with Gasteiger partial charge in [-0.1, -0.05) is 0 Å². The summed E-state index contributed by atoms with van der Waals surface area (Å²) in [7, 11) is 1.23. The quantitative estimate of drug-likeness (QED) is 0.732. The van der Waals surface area contributed by atoms with Crippen LogP contribution < -0.4 is 0 Å². The zero-order valence-electron chi connectivity index (χ0n) is 6.16. The molecular weight excluding hydrogens is 170 g/mol. The van der Waals surface area contributed by atoms with Gasteiger partial charge in [-0.15, -0.1) is 0 Å². The van der Waals surface area contributed by atoms with Crippen LogP contribution in [0.2, 0.25) is 0 Å². The monoisotopic (exact) mass is 176 g/mol. The maximum absolute atomic E-state index is 12.0. The van der Waals surface area contributed by atoms with E-state index in [1.807, 2.05) is 0 Å². The Hall–Kier alpha value is -1.46. The van der Waals surface area contributed by atoms with E-state index in [1.165, 1.54) is 7.05 Å². The number of imidazole rings is 1. The summed E-state index contributed by atoms with van der Waals surface area (Å²) in [5.41, 5.74) is -0.245. The lowest BCUT2D eigenvalue weighted by Crippen LogP contribution is -2.07. The SMILES string of the molecule is Cn1c(C(=O)O)cnc1C(F)F. The average molecular weight is 176 g/mol. The van der Waals surface area contributed by atoms with Crippen LogP contribution in [0.4, 0.5) is 8.78 Å². The molecule has 0 unspecified atom stereocenters. The fourth-order valence-corrected chi connectivity index (χ4v) is 0.825. The molecule has 66 valence electrons. The second-order valence-corrected chi connectivity index (χ2v) is 2.17. The molecule has 1 aromatic rings. The number of nitrogens with zero attached hydrogens (tertiary/aromatic N) is 2. The molecule has 1 N–H and O–H groups in total. The second-order valence-electron chi connectivity index (χ2n) is 2.17. The van der Waals surface area contributed by atoms with Crippen LogP contribution in [0.25, 0.3) is 0 Å². The standard InChI is InChI=1S/C6H6F2N2O2/c1-10-3(6(11)12)2-9-5(10)4(7)8/h2,4H,1H3,(H,11,12). The number of carboxylic acid groups (broad SMARTS) is 1. The van der Waals surface area contributed by atoms with Crippen molar-refractivity contribution in [1.82, 2.24) is 9.55 Å². The van der Waals surface area contributed by atoms with E-state index >= 15 is 0 Å². The molecular formula is C6H6F2N2O2. The molecule has 0 aromatic carbocycles. The molecule has 0 fully saturated rings. The van der Waals surface area contributed by atoms with Crippen LogP contribution in [-0.4, -0.2) is 20.6 Å². The topological polar surface area (TPSA) is 55.1 Å². The van der Waals surface area contributed by atoms with Gasteiger partial charge in [0.15, 0.2) is 5.82 Å². The predicted octanol–water partition coefficient (Wildman–Crippen LogP) is 1.06. The molecule has 0 radical (unpaired) electrons. The Morgan fingerprint density at radius 2 is 2.33 bits per heavy atom. The van der Waals surface area contributed by atoms with Crippen LogP contribution in [0, 0.1) is 0 Å². The first-order valence-electron chi connectivity index (χ1n) is 3.07. The van der Waals surface area contributed by atoms with Gasteiger partial charge >= 0.3 is 5.97 Å². The van der Waals surface area contributed by atoms with Crippen molar-refractivity contribution in [1.29, 1.82) is 0 Å². The smallest absolute Gasteiger partial charge is 0.354 e. The van der Waals surface area contributed by atoms with Gasteiger partial charge < -0.3 is 9.67 Å². The summed E-state index contributed by atoms with van der Waals surface area (Å²) in [6, 6.07) is 0. The third kappa shape index (κ3) is 1.27. The summed E-state index contributed by atoms with van der Waals surface area (Å²) >= 11 is 0. The molecule has 0 atom stereocenters. The highest BCUT2D eigenvalue weighted by molar-refractivity contribution is 5.85. The van der Waals surface area contributed by atoms with E-state index in [9.17, 15) is 13.6 Å². The van der Waals surface area contributed by atoms with Crippen LogP contribution in [0.3, 0.4) is 0 Å². The number of rotatable bonds is 2. The van der Waals surface area contributed by atoms with Crippen LogP contribution in [0.15, 0.2) is 6.20 Å². The molecule has 1 aromatic heterocycles. The van der Waals surface area contributed by atoms with Crippen LogP contribution in [-0.2, 0) is 7.05 Å². The predicted molar refractivity (Wildman–Crippen MR) is 35.1 cm³/mol. The lowest BCUT2D eigenvalue weighted by Gasteiger charge is -2.00. The summed E-state index contributed by atoms with van der Waals surface area (Å²) in [5, 5.41) is 8.46. The molecule has 6 heteroatoms. The van der Waals surface area contributed by atoms with E-state index < -0.39 is 18.2 Å². The van der Waals surface area contributed by atoms with Gasteiger partial charge in [-0.25, -0.2) is 18.6 Å². The Labute approximate surface area is 66.5 Å². The van der Waals surface area contributed by atoms with Crippen molar-refractivity contribution in [2.45, 2.75) is 6.43 Å². The third-order valence-corrected chi connectivity index (χ3v) is 1.44. The molecule has 0 aliphatic carbocycles. The van der Waals surface area contributed by atoms with Crippen molar-refractivity contribution in [2.24, 2.45) is 7.05 Å². The number of aromatic carboxylic acids is 1. The van der Waals surface area contributed by atoms with Crippen LogP contribution in [0.5, 0.6) is 0 Å². The van der Waals surface area contributed by atoms with Crippen molar-refractivity contribution in [3.05, 3.63) is 17.7 Å². The van der Waals surface area contributed by atoms with Crippen molar-refractivity contribution < 1.29 is 18.7 Å². The maximum Gasteiger partial charge on any atom is 0.354 e. The Morgan fingerprint density at radius 1 is 1.75 bits per heavy atom. The van der Waals surface area contributed by atoms with Gasteiger partial charge in [0.2, 0.25) is 0 Å². The van der Waals surface area contributed by atoms with Gasteiger partial charge in [0.25, 0.3) is 6.43 Å².